The quantitative estimate of drug-likeness (QED) is 0.509. The van der Waals surface area contributed by atoms with Crippen LogP contribution in [-0.2, 0) is 9.53 Å². The fourth-order valence-electron chi connectivity index (χ4n) is 4.53. The summed E-state index contributed by atoms with van der Waals surface area (Å²) < 4.78 is 9.83. The minimum absolute atomic E-state index is 0.198. The Morgan fingerprint density at radius 1 is 1.23 bits per heavy atom. The number of nitrogens with one attached hydrogen (secondary N) is 1. The first-order valence-electron chi connectivity index (χ1n) is 10.6. The van der Waals surface area contributed by atoms with Crippen molar-refractivity contribution in [2.45, 2.75) is 69.2 Å². The van der Waals surface area contributed by atoms with Gasteiger partial charge in [-0.05, 0) is 25.1 Å². The van der Waals surface area contributed by atoms with E-state index >= 15 is 0 Å². The van der Waals surface area contributed by atoms with E-state index in [4.69, 9.17) is 22.1 Å². The lowest BCUT2D eigenvalue weighted by atomic mass is 9.96. The van der Waals surface area contributed by atoms with Gasteiger partial charge in [0.15, 0.2) is 12.1 Å². The van der Waals surface area contributed by atoms with E-state index in [-0.39, 0.29) is 6.04 Å². The van der Waals surface area contributed by atoms with E-state index in [1.165, 1.54) is 11.6 Å². The second-order valence-corrected chi connectivity index (χ2v) is 8.55. The number of hydrogen-bond donors (Lipinski definition) is 4. The number of carbonyl (C=O) groups is 1. The molecule has 1 aromatic heterocycles. The molecule has 2 aromatic rings. The maximum Gasteiger partial charge on any atom is 0.217 e. The molecular weight excluding hydrogens is 420 g/mol. The third-order valence-corrected chi connectivity index (χ3v) is 6.45. The Hall–Kier alpha value is -2.11. The van der Waals surface area contributed by atoms with Crippen molar-refractivity contribution in [2.75, 3.05) is 6.61 Å². The Labute approximate surface area is 185 Å². The zero-order valence-electron chi connectivity index (χ0n) is 17.3. The van der Waals surface area contributed by atoms with E-state index in [0.717, 1.165) is 31.2 Å². The molecule has 1 amide bonds. The van der Waals surface area contributed by atoms with Crippen molar-refractivity contribution in [3.8, 4) is 11.4 Å². The number of nitrogens with zero attached hydrogens (tertiary/aromatic N) is 3. The molecule has 1 aliphatic carbocycles. The third-order valence-electron chi connectivity index (χ3n) is 6.07. The standard InChI is InChI=1S/C21H28N4O5S/c1-12(27)22-16-18(29)17(28)15(11-26)30-20(16)25-21(31)24(14-9-5-6-10-14)19(23-25)13-7-3-2-4-8-13/h2-4,7-8,14-18,20,26,28-29H,5-6,9-11H2,1H3,(H,22,27). The van der Waals surface area contributed by atoms with Crippen LogP contribution in [0.4, 0.5) is 0 Å². The van der Waals surface area contributed by atoms with Gasteiger partial charge in [-0.1, -0.05) is 43.2 Å². The van der Waals surface area contributed by atoms with Gasteiger partial charge in [-0.2, -0.15) is 0 Å². The van der Waals surface area contributed by atoms with Gasteiger partial charge in [0.05, 0.1) is 6.61 Å². The minimum Gasteiger partial charge on any atom is -0.394 e. The lowest BCUT2D eigenvalue weighted by Gasteiger charge is -2.42. The van der Waals surface area contributed by atoms with Crippen molar-refractivity contribution in [1.82, 2.24) is 19.7 Å². The lowest BCUT2D eigenvalue weighted by Crippen LogP contribution is -2.62. The summed E-state index contributed by atoms with van der Waals surface area (Å²) in [6.45, 7) is 0.823. The first-order chi connectivity index (χ1) is 14.9. The van der Waals surface area contributed by atoms with E-state index in [1.807, 2.05) is 34.9 Å². The summed E-state index contributed by atoms with van der Waals surface area (Å²) in [5.41, 5.74) is 0.894. The third kappa shape index (κ3) is 4.18. The fraction of sp³-hybridized carbons (Fsp3) is 0.571. The van der Waals surface area contributed by atoms with Crippen LogP contribution in [0.1, 0.15) is 44.9 Å². The van der Waals surface area contributed by atoms with Crippen LogP contribution in [0.25, 0.3) is 11.4 Å². The molecule has 1 saturated carbocycles. The normalized spacial score (nSPS) is 29.2. The molecule has 168 valence electrons. The van der Waals surface area contributed by atoms with Crippen LogP contribution in [-0.4, -0.2) is 66.5 Å². The first kappa shape index (κ1) is 22.1. The molecular formula is C21H28N4O5S. The summed E-state index contributed by atoms with van der Waals surface area (Å²) in [6.07, 6.45) is -0.561. The van der Waals surface area contributed by atoms with E-state index < -0.39 is 43.1 Å². The molecule has 1 aromatic carbocycles. The molecule has 31 heavy (non-hydrogen) atoms. The number of aliphatic hydroxyl groups excluding tert-OH is 3. The van der Waals surface area contributed by atoms with Crippen molar-refractivity contribution >= 4 is 18.1 Å². The highest BCUT2D eigenvalue weighted by molar-refractivity contribution is 7.71. The van der Waals surface area contributed by atoms with Crippen LogP contribution in [0.2, 0.25) is 0 Å². The highest BCUT2D eigenvalue weighted by atomic mass is 32.1. The van der Waals surface area contributed by atoms with Crippen LogP contribution in [0.3, 0.4) is 0 Å². The van der Waals surface area contributed by atoms with Crippen LogP contribution >= 0.6 is 12.2 Å². The molecule has 10 heteroatoms. The molecule has 2 heterocycles. The summed E-state index contributed by atoms with van der Waals surface area (Å²) >= 11 is 5.80. The molecule has 0 radical (unpaired) electrons. The highest BCUT2D eigenvalue weighted by Crippen LogP contribution is 2.36. The smallest absolute Gasteiger partial charge is 0.217 e. The molecule has 9 nitrogen and oxygen atoms in total. The second kappa shape index (κ2) is 9.17. The number of hydrogen-bond acceptors (Lipinski definition) is 7. The molecule has 5 atom stereocenters. The molecule has 0 bridgehead atoms. The summed E-state index contributed by atoms with van der Waals surface area (Å²) in [6, 6.07) is 8.89. The molecule has 2 aliphatic rings. The number of benzene rings is 1. The van der Waals surface area contributed by atoms with E-state index in [1.54, 1.807) is 0 Å². The van der Waals surface area contributed by atoms with Crippen molar-refractivity contribution in [3.05, 3.63) is 35.1 Å². The maximum absolute atomic E-state index is 11.8. The Morgan fingerprint density at radius 2 is 1.90 bits per heavy atom. The average molecular weight is 449 g/mol. The van der Waals surface area contributed by atoms with Gasteiger partial charge in [-0.15, -0.1) is 5.10 Å². The van der Waals surface area contributed by atoms with Gasteiger partial charge in [-0.25, -0.2) is 4.68 Å². The zero-order valence-corrected chi connectivity index (χ0v) is 18.1. The van der Waals surface area contributed by atoms with Gasteiger partial charge in [0.2, 0.25) is 10.7 Å². The van der Waals surface area contributed by atoms with E-state index in [9.17, 15) is 20.1 Å². The minimum atomic E-state index is -1.36. The summed E-state index contributed by atoms with van der Waals surface area (Å²) in [5.74, 6) is 0.293. The number of aliphatic hydroxyl groups is 3. The lowest BCUT2D eigenvalue weighted by molar-refractivity contribution is -0.219. The van der Waals surface area contributed by atoms with Crippen molar-refractivity contribution in [2.24, 2.45) is 0 Å². The molecule has 2 fully saturated rings. The summed E-state index contributed by atoms with van der Waals surface area (Å²) in [7, 11) is 0. The largest absolute Gasteiger partial charge is 0.394 e. The SMILES string of the molecule is CC(=O)NC1C(O)C(O)C(CO)OC1n1nc(-c2ccccc2)n(C2CCCC2)c1=S. The predicted molar refractivity (Wildman–Crippen MR) is 115 cm³/mol. The number of aromatic nitrogens is 3. The Bertz CT molecular complexity index is 972. The van der Waals surface area contributed by atoms with Crippen molar-refractivity contribution in [1.29, 1.82) is 0 Å². The van der Waals surface area contributed by atoms with Crippen LogP contribution < -0.4 is 5.32 Å². The molecule has 0 spiro atoms. The fourth-order valence-corrected chi connectivity index (χ4v) is 4.91. The van der Waals surface area contributed by atoms with Gasteiger partial charge in [0.25, 0.3) is 0 Å². The topological polar surface area (TPSA) is 122 Å². The summed E-state index contributed by atoms with van der Waals surface area (Å²) in [5, 5.41) is 38.0. The molecule has 1 aliphatic heterocycles. The van der Waals surface area contributed by atoms with E-state index in [0.29, 0.717) is 10.6 Å². The maximum atomic E-state index is 11.8. The molecule has 1 saturated heterocycles. The van der Waals surface area contributed by atoms with Gasteiger partial charge >= 0.3 is 0 Å². The van der Waals surface area contributed by atoms with Crippen LogP contribution in [0.5, 0.6) is 0 Å². The van der Waals surface area contributed by atoms with Crippen LogP contribution in [0, 0.1) is 4.77 Å². The monoisotopic (exact) mass is 448 g/mol. The summed E-state index contributed by atoms with van der Waals surface area (Å²) in [4.78, 5) is 11.8. The molecule has 5 unspecified atom stereocenters. The van der Waals surface area contributed by atoms with Gasteiger partial charge < -0.3 is 25.4 Å². The Balaban J connectivity index is 1.83. The first-order valence-corrected chi connectivity index (χ1v) is 11.0. The highest BCUT2D eigenvalue weighted by Gasteiger charge is 2.46. The average Bonchev–Trinajstić information content (AvgIpc) is 3.40. The second-order valence-electron chi connectivity index (χ2n) is 8.18. The van der Waals surface area contributed by atoms with E-state index in [2.05, 4.69) is 5.32 Å². The van der Waals surface area contributed by atoms with Crippen molar-refractivity contribution in [3.63, 3.8) is 0 Å². The van der Waals surface area contributed by atoms with Gasteiger partial charge in [-0.3, -0.25) is 9.36 Å². The predicted octanol–water partition coefficient (Wildman–Crippen LogP) is 1.31. The van der Waals surface area contributed by atoms with Gasteiger partial charge in [0.1, 0.15) is 24.4 Å². The number of rotatable bonds is 5. The zero-order chi connectivity index (χ0) is 22.1. The number of amides is 1. The Kier molecular flexibility index (Phi) is 6.54. The van der Waals surface area contributed by atoms with Crippen molar-refractivity contribution < 1.29 is 24.9 Å². The van der Waals surface area contributed by atoms with Gasteiger partial charge in [0, 0.05) is 18.5 Å². The molecule has 4 N–H and O–H groups in total. The molecule has 4 rings (SSSR count). The Morgan fingerprint density at radius 3 is 2.52 bits per heavy atom. The number of ether oxygens (including phenoxy) is 1. The number of carbonyl (C=O) groups excluding carboxylic acids is 1. The van der Waals surface area contributed by atoms with Crippen LogP contribution in [0.15, 0.2) is 30.3 Å².